The molecule has 1 aliphatic heterocycles. The van der Waals surface area contributed by atoms with E-state index >= 15 is 0 Å². The van der Waals surface area contributed by atoms with Gasteiger partial charge in [0, 0.05) is 24.5 Å². The van der Waals surface area contributed by atoms with Crippen LogP contribution in [0.25, 0.3) is 0 Å². The first-order chi connectivity index (χ1) is 7.31. The lowest BCUT2D eigenvalue weighted by Crippen LogP contribution is -2.37. The van der Waals surface area contributed by atoms with E-state index < -0.39 is 0 Å². The summed E-state index contributed by atoms with van der Waals surface area (Å²) < 4.78 is 0. The van der Waals surface area contributed by atoms with Gasteiger partial charge in [-0.05, 0) is 38.3 Å². The molecule has 1 aromatic rings. The van der Waals surface area contributed by atoms with Gasteiger partial charge >= 0.3 is 0 Å². The predicted molar refractivity (Wildman–Crippen MR) is 60.8 cm³/mol. The molecule has 3 nitrogen and oxygen atoms in total. The van der Waals surface area contributed by atoms with Crippen molar-refractivity contribution in [3.8, 4) is 0 Å². The minimum atomic E-state index is 0.0239. The lowest BCUT2D eigenvalue weighted by Gasteiger charge is -2.35. The summed E-state index contributed by atoms with van der Waals surface area (Å²) in [6.45, 7) is 3.41. The van der Waals surface area contributed by atoms with Gasteiger partial charge in [-0.3, -0.25) is 4.98 Å². The standard InChI is InChI=1S/C12H18N2O/c1-10-4-2-3-7-14(10)12-5-6-13-11(8-12)9-15/h5-6,8,10,15H,2-4,7,9H2,1H3. The number of hydrogen-bond acceptors (Lipinski definition) is 3. The third kappa shape index (κ3) is 2.29. The van der Waals surface area contributed by atoms with Crippen LogP contribution < -0.4 is 4.90 Å². The van der Waals surface area contributed by atoms with E-state index in [0.717, 1.165) is 12.2 Å². The lowest BCUT2D eigenvalue weighted by molar-refractivity contribution is 0.277. The maximum absolute atomic E-state index is 9.05. The van der Waals surface area contributed by atoms with Gasteiger partial charge in [0.15, 0.2) is 0 Å². The predicted octanol–water partition coefficient (Wildman–Crippen LogP) is 1.95. The summed E-state index contributed by atoms with van der Waals surface area (Å²) in [5, 5.41) is 9.05. The van der Waals surface area contributed by atoms with E-state index in [9.17, 15) is 0 Å². The molecule has 0 aliphatic carbocycles. The second kappa shape index (κ2) is 4.62. The van der Waals surface area contributed by atoms with Gasteiger partial charge in [0.05, 0.1) is 12.3 Å². The van der Waals surface area contributed by atoms with E-state index in [-0.39, 0.29) is 6.61 Å². The van der Waals surface area contributed by atoms with Crippen LogP contribution in [0.1, 0.15) is 31.9 Å². The first-order valence-electron chi connectivity index (χ1n) is 5.63. The molecule has 0 bridgehead atoms. The van der Waals surface area contributed by atoms with E-state index in [2.05, 4.69) is 16.8 Å². The first kappa shape index (κ1) is 10.4. The molecule has 1 aliphatic rings. The van der Waals surface area contributed by atoms with Crippen LogP contribution in [0.3, 0.4) is 0 Å². The van der Waals surface area contributed by atoms with E-state index in [1.165, 1.54) is 24.9 Å². The molecule has 0 radical (unpaired) electrons. The Labute approximate surface area is 90.8 Å². The Morgan fingerprint density at radius 2 is 2.40 bits per heavy atom. The number of aliphatic hydroxyl groups excluding tert-OH is 1. The van der Waals surface area contributed by atoms with Crippen LogP contribution >= 0.6 is 0 Å². The lowest BCUT2D eigenvalue weighted by atomic mass is 10.0. The highest BCUT2D eigenvalue weighted by Crippen LogP contribution is 2.24. The molecule has 1 saturated heterocycles. The Morgan fingerprint density at radius 3 is 3.13 bits per heavy atom. The third-order valence-electron chi connectivity index (χ3n) is 3.10. The van der Waals surface area contributed by atoms with Gasteiger partial charge in [0.1, 0.15) is 0 Å². The zero-order valence-corrected chi connectivity index (χ0v) is 9.19. The highest BCUT2D eigenvalue weighted by Gasteiger charge is 2.18. The quantitative estimate of drug-likeness (QED) is 0.803. The Hall–Kier alpha value is -1.09. The number of nitrogens with zero attached hydrogens (tertiary/aromatic N) is 2. The molecule has 1 N–H and O–H groups in total. The van der Waals surface area contributed by atoms with Crippen LogP contribution in [0, 0.1) is 0 Å². The normalized spacial score (nSPS) is 21.7. The summed E-state index contributed by atoms with van der Waals surface area (Å²) in [4.78, 5) is 6.51. The highest BCUT2D eigenvalue weighted by atomic mass is 16.3. The van der Waals surface area contributed by atoms with Crippen molar-refractivity contribution in [3.05, 3.63) is 24.0 Å². The van der Waals surface area contributed by atoms with Crippen LogP contribution in [0.15, 0.2) is 18.3 Å². The number of pyridine rings is 1. The van der Waals surface area contributed by atoms with Crippen molar-refractivity contribution < 1.29 is 5.11 Å². The zero-order chi connectivity index (χ0) is 10.7. The molecule has 2 rings (SSSR count). The van der Waals surface area contributed by atoms with Crippen molar-refractivity contribution >= 4 is 5.69 Å². The smallest absolute Gasteiger partial charge is 0.0853 e. The molecule has 3 heteroatoms. The Kier molecular flexibility index (Phi) is 3.21. The SMILES string of the molecule is CC1CCCCN1c1ccnc(CO)c1. The molecule has 1 fully saturated rings. The Morgan fingerprint density at radius 1 is 1.53 bits per heavy atom. The number of rotatable bonds is 2. The molecule has 1 unspecified atom stereocenters. The summed E-state index contributed by atoms with van der Waals surface area (Å²) in [5.74, 6) is 0. The van der Waals surface area contributed by atoms with Gasteiger partial charge in [-0.15, -0.1) is 0 Å². The molecule has 0 aromatic carbocycles. The molecule has 0 spiro atoms. The fraction of sp³-hybridized carbons (Fsp3) is 0.583. The van der Waals surface area contributed by atoms with Crippen molar-refractivity contribution in [1.29, 1.82) is 0 Å². The van der Waals surface area contributed by atoms with Crippen LogP contribution in [-0.4, -0.2) is 22.7 Å². The first-order valence-corrected chi connectivity index (χ1v) is 5.63. The van der Waals surface area contributed by atoms with Crippen LogP contribution in [0.2, 0.25) is 0 Å². The molecule has 0 amide bonds. The summed E-state index contributed by atoms with van der Waals surface area (Å²) in [7, 11) is 0. The topological polar surface area (TPSA) is 36.4 Å². The van der Waals surface area contributed by atoms with Gasteiger partial charge in [-0.2, -0.15) is 0 Å². The second-order valence-electron chi connectivity index (χ2n) is 4.20. The molecular weight excluding hydrogens is 188 g/mol. The minimum Gasteiger partial charge on any atom is -0.390 e. The maximum atomic E-state index is 9.05. The summed E-state index contributed by atoms with van der Waals surface area (Å²) in [6, 6.07) is 4.62. The van der Waals surface area contributed by atoms with Gasteiger partial charge < -0.3 is 10.0 Å². The summed E-state index contributed by atoms with van der Waals surface area (Å²) >= 11 is 0. The van der Waals surface area contributed by atoms with Crippen molar-refractivity contribution in [3.63, 3.8) is 0 Å². The number of anilines is 1. The molecule has 2 heterocycles. The Bertz CT molecular complexity index is 327. The summed E-state index contributed by atoms with van der Waals surface area (Å²) in [6.07, 6.45) is 5.63. The molecular formula is C12H18N2O. The monoisotopic (exact) mass is 206 g/mol. The third-order valence-corrected chi connectivity index (χ3v) is 3.10. The maximum Gasteiger partial charge on any atom is 0.0853 e. The fourth-order valence-electron chi connectivity index (χ4n) is 2.21. The van der Waals surface area contributed by atoms with E-state index in [1.807, 2.05) is 12.1 Å². The van der Waals surface area contributed by atoms with Gasteiger partial charge in [0.25, 0.3) is 0 Å². The van der Waals surface area contributed by atoms with Gasteiger partial charge in [-0.25, -0.2) is 0 Å². The minimum absolute atomic E-state index is 0.0239. The van der Waals surface area contributed by atoms with Crippen molar-refractivity contribution in [1.82, 2.24) is 4.98 Å². The molecule has 1 atom stereocenters. The van der Waals surface area contributed by atoms with Crippen molar-refractivity contribution in [2.45, 2.75) is 38.8 Å². The Balaban J connectivity index is 2.19. The van der Waals surface area contributed by atoms with Crippen LogP contribution in [0.5, 0.6) is 0 Å². The molecule has 1 aromatic heterocycles. The van der Waals surface area contributed by atoms with Crippen molar-refractivity contribution in [2.75, 3.05) is 11.4 Å². The molecule has 0 saturated carbocycles. The second-order valence-corrected chi connectivity index (χ2v) is 4.20. The molecule has 82 valence electrons. The zero-order valence-electron chi connectivity index (χ0n) is 9.19. The van der Waals surface area contributed by atoms with Crippen LogP contribution in [0.4, 0.5) is 5.69 Å². The highest BCUT2D eigenvalue weighted by molar-refractivity contribution is 5.47. The van der Waals surface area contributed by atoms with Crippen LogP contribution in [-0.2, 0) is 6.61 Å². The van der Waals surface area contributed by atoms with E-state index in [4.69, 9.17) is 5.11 Å². The largest absolute Gasteiger partial charge is 0.390 e. The van der Waals surface area contributed by atoms with Gasteiger partial charge in [0.2, 0.25) is 0 Å². The van der Waals surface area contributed by atoms with Crippen molar-refractivity contribution in [2.24, 2.45) is 0 Å². The summed E-state index contributed by atoms with van der Waals surface area (Å²) in [5.41, 5.74) is 1.95. The van der Waals surface area contributed by atoms with E-state index in [1.54, 1.807) is 6.20 Å². The van der Waals surface area contributed by atoms with E-state index in [0.29, 0.717) is 6.04 Å². The number of aliphatic hydroxyl groups is 1. The average molecular weight is 206 g/mol. The molecule has 15 heavy (non-hydrogen) atoms. The number of aromatic nitrogens is 1. The fourth-order valence-corrected chi connectivity index (χ4v) is 2.21. The van der Waals surface area contributed by atoms with Gasteiger partial charge in [-0.1, -0.05) is 0 Å². The average Bonchev–Trinajstić information content (AvgIpc) is 2.30. The number of hydrogen-bond donors (Lipinski definition) is 1. The number of piperidine rings is 1.